The van der Waals surface area contributed by atoms with Crippen molar-refractivity contribution in [3.8, 4) is 29.5 Å². The van der Waals surface area contributed by atoms with E-state index in [1.165, 1.54) is 40.9 Å². The highest BCUT2D eigenvalue weighted by atomic mass is 16.6. The molecule has 0 bridgehead atoms. The number of hydrogen-bond donors (Lipinski definition) is 5. The van der Waals surface area contributed by atoms with E-state index in [0.717, 1.165) is 47.8 Å². The number of imide groups is 1. The summed E-state index contributed by atoms with van der Waals surface area (Å²) in [5.41, 5.74) is 17.3. The minimum Gasteiger partial charge on any atom is -0.458 e. The first-order chi connectivity index (χ1) is 62.0. The molecule has 5 aromatic rings. The Balaban J connectivity index is 0.000000844. The molecule has 36 heteroatoms. The predicted molar refractivity (Wildman–Crippen MR) is 469 cm³/mol. The van der Waals surface area contributed by atoms with Crippen molar-refractivity contribution in [3.05, 3.63) is 145 Å². The lowest BCUT2D eigenvalue weighted by Gasteiger charge is -2.31. The van der Waals surface area contributed by atoms with Gasteiger partial charge in [0.05, 0.1) is 141 Å². The summed E-state index contributed by atoms with van der Waals surface area (Å²) in [6.45, 7) is 12.6. The summed E-state index contributed by atoms with van der Waals surface area (Å²) in [4.78, 5) is 153. The summed E-state index contributed by atoms with van der Waals surface area (Å²) < 4.78 is 73.4. The molecule has 4 aliphatic rings. The molecule has 3 atom stereocenters. The number of pyridine rings is 2. The van der Waals surface area contributed by atoms with Gasteiger partial charge in [0.2, 0.25) is 17.7 Å². The third kappa shape index (κ3) is 34.0. The van der Waals surface area contributed by atoms with Crippen LogP contribution in [0.25, 0.3) is 32.7 Å². The number of benzene rings is 3. The van der Waals surface area contributed by atoms with Gasteiger partial charge in [-0.25, -0.2) is 19.4 Å². The lowest BCUT2D eigenvalue weighted by atomic mass is 9.79. The number of anilines is 1. The minimum absolute atomic E-state index is 0.0234. The Morgan fingerprint density at radius 2 is 1.34 bits per heavy atom. The third-order valence-corrected chi connectivity index (χ3v) is 21.3. The summed E-state index contributed by atoms with van der Waals surface area (Å²) >= 11 is 0. The number of ether oxygens (including phenoxy) is 12. The second-order valence-electron chi connectivity index (χ2n) is 30.2. The summed E-state index contributed by atoms with van der Waals surface area (Å²) in [6, 6.07) is 21.5. The van der Waals surface area contributed by atoms with Gasteiger partial charge in [0, 0.05) is 119 Å². The smallest absolute Gasteiger partial charge is 0.415 e. The molecular formula is C91H124N12O24. The number of nitrogens with zero attached hydrogens (tertiary/aromatic N) is 8. The second-order valence-corrected chi connectivity index (χ2v) is 30.2. The summed E-state index contributed by atoms with van der Waals surface area (Å²) in [5, 5.41) is 23.7. The molecule has 9 rings (SSSR count). The number of nitrogens with two attached hydrogens (primary N) is 1. The van der Waals surface area contributed by atoms with Crippen molar-refractivity contribution < 1.29 is 111 Å². The van der Waals surface area contributed by atoms with Gasteiger partial charge >= 0.3 is 18.2 Å². The van der Waals surface area contributed by atoms with Crippen molar-refractivity contribution in [2.75, 3.05) is 178 Å². The quantitative estimate of drug-likeness (QED) is 0.00459. The van der Waals surface area contributed by atoms with Crippen LogP contribution in [0, 0.1) is 30.1 Å². The standard InChI is InChI=1S/C73H99N11O21.C16H19NO3.C2H6/c1-5-56-57-44-55(19-20-61(57)80-67-58(56)46-84-63(67)45-60-59(69(84)89)48-103-70(90)73(60,93)6-2)105-72(92)83(4)25-24-82(3)71(91)104-47-52-15-17-54(18-16-52)78-68(88)53(14-10-11-21-74)43-64(85)62(42-51-12-8-7-9-13-51)79-66(87)50-102-49-65(86)76-22-26-94-28-30-96-32-34-98-36-38-100-40-41-101-39-37-99-35-33-97-31-29-95-27-23-77-81-75;1-2-3-4-14(18)13-7-5-12(6-8-13)11-17-15(19)9-10-16(17)20;1-2/h7-9,12-13,15-20,44-45,53,62,93H,5-6,10-11,14,21-43,46-50,74H2,1-4H3,(H,76,86)(H,78,88)(H,79,87);1,9-10,12-13H,3-8,11H2;1-2H3/t53?,62?,73-;;/m0../s1/i;;1T. The Morgan fingerprint density at radius 1 is 0.748 bits per heavy atom. The predicted octanol–water partition coefficient (Wildman–Crippen LogP) is 8.01. The van der Waals surface area contributed by atoms with Crippen LogP contribution in [0.2, 0.25) is 0 Å². The highest BCUT2D eigenvalue weighted by molar-refractivity contribution is 6.13. The SMILES string of the molecule is C#CCCC(=O)C1CCC(CN2C(=O)C=CC2=O)CC1.CCc1c2c(nc3ccc(OC(=O)N(C)CCN(C)C(=O)OCc4ccc(NC(=O)C(CCCCN)CC(=O)C(Cc5ccccc5)NC(=O)COCC(=O)NCCOCCOCCOCCOCCOCCOCCOCCOCCN=[N+]=[N-])cc4)cc13)-c1cc3c(c(=O)n1C2)COC(=O)[C@]3(O)CC.[3H]CC. The largest absolute Gasteiger partial charge is 0.458 e. The van der Waals surface area contributed by atoms with E-state index in [4.69, 9.17) is 80.9 Å². The Labute approximate surface area is 742 Å². The van der Waals surface area contributed by atoms with Gasteiger partial charge in [0.15, 0.2) is 11.4 Å². The second kappa shape index (κ2) is 57.0. The monoisotopic (exact) mass is 1770 g/mol. The Bertz CT molecular complexity index is 4580. The fourth-order valence-electron chi connectivity index (χ4n) is 14.3. The number of Topliss-reactive ketones (excluding diaryl/α,β-unsaturated/α-hetero) is 2. The van der Waals surface area contributed by atoms with Crippen LogP contribution in [-0.2, 0) is 129 Å². The lowest BCUT2D eigenvalue weighted by Crippen LogP contribution is -2.45. The molecule has 0 radical (unpaired) electrons. The molecule has 6 N–H and O–H groups in total. The van der Waals surface area contributed by atoms with Crippen LogP contribution in [0.15, 0.2) is 101 Å². The van der Waals surface area contributed by atoms with Crippen LogP contribution in [0.1, 0.15) is 133 Å². The number of terminal acetylenes is 1. The van der Waals surface area contributed by atoms with Crippen molar-refractivity contribution in [1.82, 2.24) is 34.9 Å². The molecule has 127 heavy (non-hydrogen) atoms. The third-order valence-electron chi connectivity index (χ3n) is 21.3. The number of aliphatic hydroxyl groups is 1. The molecule has 7 amide bonds. The number of amides is 7. The molecule has 2 aromatic heterocycles. The molecule has 1 fully saturated rings. The molecule has 1 aliphatic carbocycles. The highest BCUT2D eigenvalue weighted by Crippen LogP contribution is 2.41. The lowest BCUT2D eigenvalue weighted by molar-refractivity contribution is -0.172. The van der Waals surface area contributed by atoms with Gasteiger partial charge in [-0.05, 0) is 129 Å². The van der Waals surface area contributed by atoms with Gasteiger partial charge in [-0.3, -0.25) is 43.3 Å². The van der Waals surface area contributed by atoms with E-state index in [9.17, 15) is 57.8 Å². The maximum atomic E-state index is 14.2. The number of unbranched alkanes of at least 4 members (excludes halogenated alkanes) is 1. The van der Waals surface area contributed by atoms with E-state index in [1.807, 2.05) is 37.3 Å². The molecule has 3 aliphatic heterocycles. The zero-order chi connectivity index (χ0) is 92.4. The number of fused-ring (bicyclic) bond motifs is 5. The molecule has 0 spiro atoms. The van der Waals surface area contributed by atoms with Crippen molar-refractivity contribution in [2.24, 2.45) is 28.6 Å². The number of azide groups is 1. The topological polar surface area (TPSA) is 457 Å². The van der Waals surface area contributed by atoms with Crippen LogP contribution >= 0.6 is 0 Å². The van der Waals surface area contributed by atoms with Crippen LogP contribution in [0.5, 0.6) is 5.75 Å². The number of rotatable bonds is 56. The van der Waals surface area contributed by atoms with E-state index in [0.29, 0.717) is 198 Å². The van der Waals surface area contributed by atoms with Crippen LogP contribution in [0.4, 0.5) is 15.3 Å². The van der Waals surface area contributed by atoms with E-state index < -0.39 is 66.7 Å². The minimum atomic E-state index is -1.95. The average Bonchev–Trinajstić information content (AvgIpc) is 1.53. The molecule has 36 nitrogen and oxygen atoms in total. The van der Waals surface area contributed by atoms with Crippen molar-refractivity contribution in [2.45, 2.75) is 143 Å². The number of likely N-dealkylation sites (N-methyl/N-ethyl adjacent to an activating group) is 2. The summed E-state index contributed by atoms with van der Waals surface area (Å²) in [5.74, 6) is -0.463. The van der Waals surface area contributed by atoms with Gasteiger partial charge in [0.1, 0.15) is 38.0 Å². The zero-order valence-electron chi connectivity index (χ0n) is 74.5. The summed E-state index contributed by atoms with van der Waals surface area (Å²) in [7, 11) is 3.07. The molecule has 3 aromatic carbocycles. The van der Waals surface area contributed by atoms with E-state index >= 15 is 0 Å². The van der Waals surface area contributed by atoms with Gasteiger partial charge in [-0.15, -0.1) is 12.3 Å². The molecule has 2 unspecified atom stereocenters. The zero-order valence-corrected chi connectivity index (χ0v) is 73.5. The first-order valence-corrected chi connectivity index (χ1v) is 43.2. The first-order valence-electron chi connectivity index (χ1n) is 43.9. The number of nitrogens with one attached hydrogen (secondary N) is 3. The molecule has 0 saturated heterocycles. The number of aromatic nitrogens is 2. The highest BCUT2D eigenvalue weighted by Gasteiger charge is 2.46. The Kier molecular flexibility index (Phi) is 45.6. The number of ketones is 2. The normalized spacial score (nSPS) is 15.8. The first kappa shape index (κ1) is 101. The van der Waals surface area contributed by atoms with Gasteiger partial charge in [-0.2, -0.15) is 0 Å². The van der Waals surface area contributed by atoms with Crippen LogP contribution in [0.3, 0.4) is 0 Å². The molecule has 1 saturated carbocycles. The fraction of sp³-hybridized carbons (Fsp3) is 0.560. The van der Waals surface area contributed by atoms with Crippen molar-refractivity contribution >= 4 is 75.8 Å². The van der Waals surface area contributed by atoms with E-state index in [2.05, 4.69) is 31.9 Å². The van der Waals surface area contributed by atoms with Gasteiger partial charge in [-0.1, -0.05) is 81.7 Å². The Hall–Kier alpha value is -10.9. The maximum absolute atomic E-state index is 14.2. The van der Waals surface area contributed by atoms with Crippen LogP contribution in [-0.4, -0.2) is 267 Å². The number of carbonyl (C=O) groups excluding carboxylic acids is 10. The van der Waals surface area contributed by atoms with Crippen molar-refractivity contribution in [3.63, 3.8) is 0 Å². The number of carbonyl (C=O) groups is 10. The molecule has 5 heterocycles. The number of hydrogen-bond acceptors (Lipinski definition) is 27. The van der Waals surface area contributed by atoms with Gasteiger partial charge < -0.3 is 98.0 Å². The Morgan fingerprint density at radius 3 is 1.92 bits per heavy atom. The summed E-state index contributed by atoms with van der Waals surface area (Å²) in [6.07, 6.45) is 13.0. The number of aryl methyl sites for hydroxylation is 1. The number of esters is 1. The van der Waals surface area contributed by atoms with E-state index in [-0.39, 0.29) is 117 Å². The van der Waals surface area contributed by atoms with Crippen LogP contribution < -0.4 is 32.0 Å². The van der Waals surface area contributed by atoms with E-state index in [1.54, 1.807) is 66.9 Å². The van der Waals surface area contributed by atoms with Crippen molar-refractivity contribution in [1.29, 1.82) is 0 Å². The molecule has 692 valence electrons. The number of cyclic esters (lactones) is 1. The average molecular weight is 1770 g/mol. The molecular weight excluding hydrogens is 1650 g/mol. The van der Waals surface area contributed by atoms with Gasteiger partial charge in [0.25, 0.3) is 17.4 Å². The maximum Gasteiger partial charge on any atom is 0.415 e. The fourth-order valence-corrected chi connectivity index (χ4v) is 14.3.